The van der Waals surface area contributed by atoms with Crippen LogP contribution >= 0.6 is 0 Å². The molecule has 1 saturated carbocycles. The van der Waals surface area contributed by atoms with Gasteiger partial charge in [-0.1, -0.05) is 26.7 Å². The maximum atomic E-state index is 12.6. The molecule has 0 spiro atoms. The summed E-state index contributed by atoms with van der Waals surface area (Å²) in [6.45, 7) is 8.36. The molecule has 0 aromatic rings. The van der Waals surface area contributed by atoms with Crippen LogP contribution in [0, 0.1) is 11.8 Å². The number of carbonyl (C=O) groups excluding carboxylic acids is 1. The number of nitrogens with zero attached hydrogens (tertiary/aromatic N) is 1. The first-order valence-corrected chi connectivity index (χ1v) is 7.67. The number of hydrogen-bond acceptors (Lipinski definition) is 4. The van der Waals surface area contributed by atoms with Crippen LogP contribution in [0.4, 0.5) is 0 Å². The van der Waals surface area contributed by atoms with Crippen molar-refractivity contribution in [1.82, 2.24) is 10.2 Å². The maximum absolute atomic E-state index is 12.6. The quantitative estimate of drug-likeness (QED) is 0.790. The van der Waals surface area contributed by atoms with Gasteiger partial charge in [-0.3, -0.25) is 9.69 Å². The normalized spacial score (nSPS) is 33.4. The number of hydrogen-bond donors (Lipinski definition) is 1. The number of ether oxygens (including phenoxy) is 1. The van der Waals surface area contributed by atoms with E-state index in [1.165, 1.54) is 13.5 Å². The molecule has 0 amide bonds. The summed E-state index contributed by atoms with van der Waals surface area (Å²) in [7, 11) is 1.54. The van der Waals surface area contributed by atoms with Crippen molar-refractivity contribution in [2.24, 2.45) is 11.8 Å². The number of carbonyl (C=O) groups is 1. The molecule has 2 aliphatic rings. The lowest BCUT2D eigenvalue weighted by Gasteiger charge is -2.51. The summed E-state index contributed by atoms with van der Waals surface area (Å²) >= 11 is 0. The highest BCUT2D eigenvalue weighted by molar-refractivity contribution is 5.81. The molecule has 110 valence electrons. The lowest BCUT2D eigenvalue weighted by atomic mass is 9.66. The van der Waals surface area contributed by atoms with E-state index in [0.29, 0.717) is 11.8 Å². The first-order chi connectivity index (χ1) is 9.13. The fourth-order valence-electron chi connectivity index (χ4n) is 4.08. The van der Waals surface area contributed by atoms with Crippen LogP contribution in [0.2, 0.25) is 0 Å². The van der Waals surface area contributed by atoms with Gasteiger partial charge in [-0.25, -0.2) is 0 Å². The van der Waals surface area contributed by atoms with Gasteiger partial charge in [0, 0.05) is 26.2 Å². The minimum Gasteiger partial charge on any atom is -0.468 e. The molecule has 1 aliphatic carbocycles. The van der Waals surface area contributed by atoms with E-state index in [2.05, 4.69) is 24.1 Å². The number of piperazine rings is 1. The summed E-state index contributed by atoms with van der Waals surface area (Å²) in [4.78, 5) is 15.0. The number of rotatable bonds is 3. The third-order valence-corrected chi connectivity index (χ3v) is 4.96. The van der Waals surface area contributed by atoms with E-state index in [1.807, 2.05) is 0 Å². The van der Waals surface area contributed by atoms with Gasteiger partial charge in [-0.15, -0.1) is 0 Å². The fourth-order valence-corrected chi connectivity index (χ4v) is 4.08. The van der Waals surface area contributed by atoms with E-state index in [0.717, 1.165) is 45.4 Å². The molecule has 0 aromatic carbocycles. The first kappa shape index (κ1) is 14.8. The van der Waals surface area contributed by atoms with Gasteiger partial charge in [0.05, 0.1) is 7.11 Å². The van der Waals surface area contributed by atoms with Crippen molar-refractivity contribution in [3.05, 3.63) is 0 Å². The predicted octanol–water partition coefficient (Wildman–Crippen LogP) is 1.65. The van der Waals surface area contributed by atoms with E-state index < -0.39 is 0 Å². The highest BCUT2D eigenvalue weighted by Gasteiger charge is 2.53. The van der Waals surface area contributed by atoms with E-state index in [-0.39, 0.29) is 11.5 Å². The van der Waals surface area contributed by atoms with Crippen molar-refractivity contribution >= 4 is 5.97 Å². The molecule has 0 aromatic heterocycles. The van der Waals surface area contributed by atoms with E-state index in [9.17, 15) is 4.79 Å². The Morgan fingerprint density at radius 3 is 2.58 bits per heavy atom. The average molecular weight is 268 g/mol. The van der Waals surface area contributed by atoms with Gasteiger partial charge in [0.15, 0.2) is 0 Å². The van der Waals surface area contributed by atoms with Gasteiger partial charge in [0.25, 0.3) is 0 Å². The molecular formula is C15H28N2O2. The van der Waals surface area contributed by atoms with Crippen molar-refractivity contribution < 1.29 is 9.53 Å². The largest absolute Gasteiger partial charge is 0.468 e. The van der Waals surface area contributed by atoms with Crippen LogP contribution < -0.4 is 5.32 Å². The number of methoxy groups -OCH3 is 1. The molecule has 1 N–H and O–H groups in total. The zero-order valence-electron chi connectivity index (χ0n) is 12.6. The van der Waals surface area contributed by atoms with Crippen molar-refractivity contribution in [3.63, 3.8) is 0 Å². The lowest BCUT2D eigenvalue weighted by molar-refractivity contribution is -0.166. The highest BCUT2D eigenvalue weighted by atomic mass is 16.5. The van der Waals surface area contributed by atoms with Crippen molar-refractivity contribution in [2.75, 3.05) is 33.3 Å². The number of nitrogens with one attached hydrogen (secondary N) is 1. The lowest BCUT2D eigenvalue weighted by Crippen LogP contribution is -2.65. The van der Waals surface area contributed by atoms with Crippen LogP contribution in [0.3, 0.4) is 0 Å². The van der Waals surface area contributed by atoms with Crippen molar-refractivity contribution in [1.29, 1.82) is 0 Å². The molecule has 2 unspecified atom stereocenters. The van der Waals surface area contributed by atoms with E-state index in [4.69, 9.17) is 4.74 Å². The van der Waals surface area contributed by atoms with Crippen LogP contribution in [0.5, 0.6) is 0 Å². The zero-order chi connectivity index (χ0) is 13.9. The smallest absolute Gasteiger partial charge is 0.326 e. The summed E-state index contributed by atoms with van der Waals surface area (Å²) in [6.07, 6.45) is 4.50. The van der Waals surface area contributed by atoms with Crippen molar-refractivity contribution in [3.8, 4) is 0 Å². The molecular weight excluding hydrogens is 240 g/mol. The third kappa shape index (κ3) is 2.65. The van der Waals surface area contributed by atoms with Crippen LogP contribution in [0.25, 0.3) is 0 Å². The van der Waals surface area contributed by atoms with Crippen LogP contribution in [-0.2, 0) is 9.53 Å². The summed E-state index contributed by atoms with van der Waals surface area (Å²) in [5.74, 6) is 0.939. The van der Waals surface area contributed by atoms with Crippen LogP contribution in [-0.4, -0.2) is 49.7 Å². The summed E-state index contributed by atoms with van der Waals surface area (Å²) in [6, 6.07) is 0. The number of esters is 1. The second-order valence-electron chi connectivity index (χ2n) is 6.25. The standard InChI is InChI=1S/C15H28N2O2/c1-12(2)13-6-4-5-7-15(13,14(18)19-3)17-10-8-16-9-11-17/h12-13,16H,4-11H2,1-3H3. The minimum atomic E-state index is -0.372. The van der Waals surface area contributed by atoms with Gasteiger partial charge in [-0.2, -0.15) is 0 Å². The predicted molar refractivity (Wildman–Crippen MR) is 76.0 cm³/mol. The van der Waals surface area contributed by atoms with Gasteiger partial charge >= 0.3 is 5.97 Å². The SMILES string of the molecule is COC(=O)C1(N2CCNCC2)CCCCC1C(C)C. The fraction of sp³-hybridized carbons (Fsp3) is 0.933. The Labute approximate surface area is 116 Å². The molecule has 0 bridgehead atoms. The third-order valence-electron chi connectivity index (χ3n) is 4.96. The molecule has 0 radical (unpaired) electrons. The Kier molecular flexibility index (Phi) is 4.85. The second kappa shape index (κ2) is 6.23. The molecule has 19 heavy (non-hydrogen) atoms. The molecule has 4 heteroatoms. The summed E-state index contributed by atoms with van der Waals surface area (Å²) in [5.41, 5.74) is -0.372. The average Bonchev–Trinajstić information content (AvgIpc) is 2.47. The van der Waals surface area contributed by atoms with E-state index in [1.54, 1.807) is 0 Å². The van der Waals surface area contributed by atoms with Gasteiger partial charge in [0.1, 0.15) is 5.54 Å². The first-order valence-electron chi connectivity index (χ1n) is 7.67. The Morgan fingerprint density at radius 1 is 1.32 bits per heavy atom. The van der Waals surface area contributed by atoms with Gasteiger partial charge in [0.2, 0.25) is 0 Å². The summed E-state index contributed by atoms with van der Waals surface area (Å²) in [5, 5.41) is 3.38. The summed E-state index contributed by atoms with van der Waals surface area (Å²) < 4.78 is 5.23. The maximum Gasteiger partial charge on any atom is 0.326 e. The topological polar surface area (TPSA) is 41.6 Å². The van der Waals surface area contributed by atoms with Gasteiger partial charge < -0.3 is 10.1 Å². The molecule has 1 saturated heterocycles. The Balaban J connectivity index is 2.32. The Morgan fingerprint density at radius 2 is 2.00 bits per heavy atom. The minimum absolute atomic E-state index is 0.00667. The molecule has 2 rings (SSSR count). The zero-order valence-corrected chi connectivity index (χ0v) is 12.6. The Hall–Kier alpha value is -0.610. The highest BCUT2D eigenvalue weighted by Crippen LogP contribution is 2.43. The second-order valence-corrected chi connectivity index (χ2v) is 6.25. The molecule has 1 aliphatic heterocycles. The Bertz CT molecular complexity index is 313. The molecule has 2 atom stereocenters. The van der Waals surface area contributed by atoms with Gasteiger partial charge in [-0.05, 0) is 24.7 Å². The monoisotopic (exact) mass is 268 g/mol. The van der Waals surface area contributed by atoms with Crippen LogP contribution in [0.1, 0.15) is 39.5 Å². The molecule has 1 heterocycles. The molecule has 4 nitrogen and oxygen atoms in total. The van der Waals surface area contributed by atoms with Crippen molar-refractivity contribution in [2.45, 2.75) is 45.1 Å². The molecule has 2 fully saturated rings. The van der Waals surface area contributed by atoms with Crippen LogP contribution in [0.15, 0.2) is 0 Å². The van der Waals surface area contributed by atoms with E-state index >= 15 is 0 Å².